The Kier molecular flexibility index (Phi) is 5.74. The zero-order valence-corrected chi connectivity index (χ0v) is 19.2. The summed E-state index contributed by atoms with van der Waals surface area (Å²) in [6.07, 6.45) is 0.275. The number of benzene rings is 3. The number of halogens is 3. The highest BCUT2D eigenvalue weighted by atomic mass is 35.5. The summed E-state index contributed by atoms with van der Waals surface area (Å²) in [5.41, 5.74) is 2.74. The molecule has 2 heterocycles. The number of rotatable bonds is 6. The molecule has 0 atom stereocenters. The van der Waals surface area contributed by atoms with Crippen LogP contribution in [-0.2, 0) is 13.0 Å². The number of aromatic nitrogens is 1. The van der Waals surface area contributed by atoms with E-state index in [1.807, 2.05) is 0 Å². The normalized spacial score (nSPS) is 12.3. The van der Waals surface area contributed by atoms with Gasteiger partial charge in [-0.25, -0.2) is 4.79 Å². The molecule has 2 N–H and O–H groups in total. The fourth-order valence-electron chi connectivity index (χ4n) is 3.79. The molecule has 0 fully saturated rings. The molecule has 0 radical (unpaired) electrons. The lowest BCUT2D eigenvalue weighted by Crippen LogP contribution is -2.02. The maximum atomic E-state index is 12.0. The molecular formula is C24H16Cl3NO5. The van der Waals surface area contributed by atoms with Crippen molar-refractivity contribution in [3.05, 3.63) is 86.0 Å². The van der Waals surface area contributed by atoms with Crippen LogP contribution in [0.2, 0.25) is 15.1 Å². The molecule has 3 aromatic carbocycles. The zero-order chi connectivity index (χ0) is 23.1. The second-order valence-electron chi connectivity index (χ2n) is 7.45. The first-order valence-corrected chi connectivity index (χ1v) is 11.1. The molecule has 5 rings (SSSR count). The fraction of sp³-hybridized carbons (Fsp3) is 0.125. The van der Waals surface area contributed by atoms with Gasteiger partial charge in [-0.3, -0.25) is 0 Å². The molecule has 0 spiro atoms. The second-order valence-corrected chi connectivity index (χ2v) is 8.68. The van der Waals surface area contributed by atoms with Crippen LogP contribution in [0.15, 0.2) is 48.5 Å². The van der Waals surface area contributed by atoms with Gasteiger partial charge in [-0.2, -0.15) is 0 Å². The highest BCUT2D eigenvalue weighted by Crippen LogP contribution is 2.39. The largest absolute Gasteiger partial charge is 0.489 e. The van der Waals surface area contributed by atoms with E-state index in [0.29, 0.717) is 54.3 Å². The lowest BCUT2D eigenvalue weighted by molar-refractivity contribution is 0.0690. The van der Waals surface area contributed by atoms with E-state index in [1.165, 1.54) is 0 Å². The number of fused-ring (bicyclic) bond motifs is 2. The Morgan fingerprint density at radius 3 is 2.42 bits per heavy atom. The second kappa shape index (κ2) is 8.71. The van der Waals surface area contributed by atoms with Crippen molar-refractivity contribution in [2.24, 2.45) is 0 Å². The van der Waals surface area contributed by atoms with Gasteiger partial charge in [-0.15, -0.1) is 0 Å². The van der Waals surface area contributed by atoms with Crippen molar-refractivity contribution < 1.29 is 24.1 Å². The number of carboxylic acid groups (broad SMARTS) is 1. The van der Waals surface area contributed by atoms with Gasteiger partial charge in [-0.1, -0.05) is 40.9 Å². The Labute approximate surface area is 203 Å². The summed E-state index contributed by atoms with van der Waals surface area (Å²) in [4.78, 5) is 14.9. The standard InChI is InChI=1S/C24H16Cl3NO5/c25-17-2-1-3-18(26)16(17)10-31-13-4-5-20-14(8-13)15(23(28-20)24(29)30)6-12-7-21-22(9-19(12)27)33-11-32-21/h1-5,7-9,28H,6,10-11H2,(H,29,30). The smallest absolute Gasteiger partial charge is 0.352 e. The summed E-state index contributed by atoms with van der Waals surface area (Å²) in [5, 5.41) is 12.0. The van der Waals surface area contributed by atoms with E-state index in [0.717, 1.165) is 5.56 Å². The molecule has 6 nitrogen and oxygen atoms in total. The average Bonchev–Trinajstić information content (AvgIpc) is 3.38. The van der Waals surface area contributed by atoms with Gasteiger partial charge < -0.3 is 24.3 Å². The Morgan fingerprint density at radius 2 is 1.70 bits per heavy atom. The van der Waals surface area contributed by atoms with E-state index in [9.17, 15) is 9.90 Å². The van der Waals surface area contributed by atoms with Gasteiger partial charge in [0, 0.05) is 44.0 Å². The molecule has 4 aromatic rings. The molecular weight excluding hydrogens is 489 g/mol. The molecule has 33 heavy (non-hydrogen) atoms. The van der Waals surface area contributed by atoms with Gasteiger partial charge in [0.25, 0.3) is 0 Å². The van der Waals surface area contributed by atoms with E-state index in [-0.39, 0.29) is 25.5 Å². The van der Waals surface area contributed by atoms with Crippen LogP contribution in [0.1, 0.15) is 27.2 Å². The first kappa shape index (κ1) is 21.8. The Hall–Kier alpha value is -3.06. The molecule has 0 saturated carbocycles. The van der Waals surface area contributed by atoms with Gasteiger partial charge in [0.1, 0.15) is 18.1 Å². The first-order chi connectivity index (χ1) is 15.9. The number of ether oxygens (including phenoxy) is 3. The van der Waals surface area contributed by atoms with E-state index in [2.05, 4.69) is 4.98 Å². The molecule has 0 aliphatic carbocycles. The predicted molar refractivity (Wildman–Crippen MR) is 126 cm³/mol. The van der Waals surface area contributed by atoms with Crippen LogP contribution in [0, 0.1) is 0 Å². The third-order valence-electron chi connectivity index (χ3n) is 5.45. The Balaban J connectivity index is 1.51. The number of carboxylic acids is 1. The molecule has 1 aromatic heterocycles. The number of aromatic carboxylic acids is 1. The summed E-state index contributed by atoms with van der Waals surface area (Å²) in [6, 6.07) is 14.0. The number of H-pyrrole nitrogens is 1. The van der Waals surface area contributed by atoms with Gasteiger partial charge in [0.15, 0.2) is 11.5 Å². The van der Waals surface area contributed by atoms with Gasteiger partial charge in [0.05, 0.1) is 0 Å². The molecule has 0 saturated heterocycles. The van der Waals surface area contributed by atoms with E-state index < -0.39 is 5.97 Å². The molecule has 0 bridgehead atoms. The van der Waals surface area contributed by atoms with Crippen LogP contribution in [-0.4, -0.2) is 22.9 Å². The Bertz CT molecular complexity index is 1380. The van der Waals surface area contributed by atoms with Crippen LogP contribution in [0.3, 0.4) is 0 Å². The van der Waals surface area contributed by atoms with Crippen molar-refractivity contribution in [1.29, 1.82) is 0 Å². The van der Waals surface area contributed by atoms with Crippen molar-refractivity contribution in [2.45, 2.75) is 13.0 Å². The lowest BCUT2D eigenvalue weighted by atomic mass is 10.0. The van der Waals surface area contributed by atoms with Gasteiger partial charge >= 0.3 is 5.97 Å². The molecule has 0 unspecified atom stereocenters. The summed E-state index contributed by atoms with van der Waals surface area (Å²) < 4.78 is 16.7. The average molecular weight is 505 g/mol. The van der Waals surface area contributed by atoms with Crippen molar-refractivity contribution in [3.8, 4) is 17.2 Å². The molecule has 168 valence electrons. The monoisotopic (exact) mass is 503 g/mol. The lowest BCUT2D eigenvalue weighted by Gasteiger charge is -2.10. The SMILES string of the molecule is O=C(O)c1[nH]c2ccc(OCc3c(Cl)cccc3Cl)cc2c1Cc1cc2c(cc1Cl)OCO2. The summed E-state index contributed by atoms with van der Waals surface area (Å²) >= 11 is 18.9. The summed E-state index contributed by atoms with van der Waals surface area (Å²) in [7, 11) is 0. The van der Waals surface area contributed by atoms with Crippen molar-refractivity contribution in [1.82, 2.24) is 4.98 Å². The van der Waals surface area contributed by atoms with Gasteiger partial charge in [0.2, 0.25) is 6.79 Å². The highest BCUT2D eigenvalue weighted by molar-refractivity contribution is 6.36. The van der Waals surface area contributed by atoms with Crippen LogP contribution in [0.4, 0.5) is 0 Å². The minimum Gasteiger partial charge on any atom is -0.489 e. The summed E-state index contributed by atoms with van der Waals surface area (Å²) in [5.74, 6) is 0.623. The molecule has 1 aliphatic rings. The van der Waals surface area contributed by atoms with Gasteiger partial charge in [-0.05, 0) is 47.5 Å². The van der Waals surface area contributed by atoms with E-state index >= 15 is 0 Å². The number of nitrogens with one attached hydrogen (secondary N) is 1. The van der Waals surface area contributed by atoms with Crippen LogP contribution < -0.4 is 14.2 Å². The molecule has 0 amide bonds. The predicted octanol–water partition coefficient (Wildman–Crippen LogP) is 6.72. The molecule has 9 heteroatoms. The minimum atomic E-state index is -1.07. The number of hydrogen-bond donors (Lipinski definition) is 2. The van der Waals surface area contributed by atoms with E-state index in [4.69, 9.17) is 49.0 Å². The Morgan fingerprint density at radius 1 is 0.970 bits per heavy atom. The maximum Gasteiger partial charge on any atom is 0.352 e. The quantitative estimate of drug-likeness (QED) is 0.304. The maximum absolute atomic E-state index is 12.0. The van der Waals surface area contributed by atoms with Crippen molar-refractivity contribution in [3.63, 3.8) is 0 Å². The topological polar surface area (TPSA) is 80.8 Å². The fourth-order valence-corrected chi connectivity index (χ4v) is 4.52. The minimum absolute atomic E-state index is 0.0880. The van der Waals surface area contributed by atoms with Crippen molar-refractivity contribution in [2.75, 3.05) is 6.79 Å². The first-order valence-electron chi connectivity index (χ1n) is 9.92. The van der Waals surface area contributed by atoms with E-state index in [1.54, 1.807) is 48.5 Å². The molecule has 1 aliphatic heterocycles. The number of carbonyl (C=O) groups is 1. The number of hydrogen-bond acceptors (Lipinski definition) is 4. The zero-order valence-electron chi connectivity index (χ0n) is 17.0. The van der Waals surface area contributed by atoms with Crippen LogP contribution in [0.25, 0.3) is 10.9 Å². The third-order valence-corrected chi connectivity index (χ3v) is 6.51. The highest BCUT2D eigenvalue weighted by Gasteiger charge is 2.22. The van der Waals surface area contributed by atoms with Crippen LogP contribution in [0.5, 0.6) is 17.2 Å². The summed E-state index contributed by atoms with van der Waals surface area (Å²) in [6.45, 7) is 0.294. The van der Waals surface area contributed by atoms with Crippen molar-refractivity contribution >= 4 is 51.7 Å². The third kappa shape index (κ3) is 4.17. The van der Waals surface area contributed by atoms with Crippen LogP contribution >= 0.6 is 34.8 Å². The number of aromatic amines is 1.